The van der Waals surface area contributed by atoms with Gasteiger partial charge in [-0.15, -0.1) is 24.8 Å². The second-order valence-electron chi connectivity index (χ2n) is 5.80. The molecule has 1 heterocycles. The van der Waals surface area contributed by atoms with Crippen molar-refractivity contribution in [2.24, 2.45) is 5.73 Å². The number of nitrogens with zero attached hydrogens (tertiary/aromatic N) is 2. The number of hydrogen-bond donors (Lipinski definition) is 2. The third-order valence-corrected chi connectivity index (χ3v) is 3.60. The van der Waals surface area contributed by atoms with Crippen molar-refractivity contribution in [3.05, 3.63) is 30.1 Å². The lowest BCUT2D eigenvalue weighted by Gasteiger charge is -2.19. The summed E-state index contributed by atoms with van der Waals surface area (Å²) in [6.07, 6.45) is 2.03. The molecule has 0 unspecified atom stereocenters. The molecule has 1 aromatic heterocycles. The lowest BCUT2D eigenvalue weighted by Crippen LogP contribution is -2.45. The summed E-state index contributed by atoms with van der Waals surface area (Å²) in [5.41, 5.74) is 7.39. The van der Waals surface area contributed by atoms with E-state index in [-0.39, 0.29) is 37.3 Å². The molecular weight excluding hydrogens is 355 g/mol. The van der Waals surface area contributed by atoms with Crippen molar-refractivity contribution in [1.29, 1.82) is 0 Å². The second kappa shape index (κ2) is 9.37. The maximum Gasteiger partial charge on any atom is 0.240 e. The van der Waals surface area contributed by atoms with E-state index in [1.54, 1.807) is 11.8 Å². The SMILES string of the molecule is CSCc1nc2ccccc2n1CC(=O)NCC(C)(C)N.Cl.Cl. The number of nitrogens with two attached hydrogens (primary N) is 1. The third kappa shape index (κ3) is 6.22. The molecule has 3 N–H and O–H groups in total. The number of amides is 1. The first-order chi connectivity index (χ1) is 9.90. The standard InChI is InChI=1S/C15H22N4OS.2ClH/c1-15(2,16)10-17-14(20)8-19-12-7-5-4-6-11(12)18-13(19)9-21-3;;/h4-7H,8-10,16H2,1-3H3,(H,17,20);2*1H. The van der Waals surface area contributed by atoms with Crippen molar-refractivity contribution >= 4 is 53.5 Å². The largest absolute Gasteiger partial charge is 0.353 e. The van der Waals surface area contributed by atoms with E-state index in [1.807, 2.05) is 48.9 Å². The predicted octanol–water partition coefficient (Wildman–Crippen LogP) is 2.60. The highest BCUT2D eigenvalue weighted by Crippen LogP contribution is 2.18. The molecule has 130 valence electrons. The first kappa shape index (κ1) is 22.1. The molecule has 0 atom stereocenters. The van der Waals surface area contributed by atoms with E-state index in [0.717, 1.165) is 22.6 Å². The molecule has 0 aliphatic rings. The van der Waals surface area contributed by atoms with Crippen molar-refractivity contribution in [3.63, 3.8) is 0 Å². The Labute approximate surface area is 153 Å². The molecule has 0 aliphatic heterocycles. The number of carbonyl (C=O) groups excluding carboxylic acids is 1. The van der Waals surface area contributed by atoms with Gasteiger partial charge in [-0.05, 0) is 32.2 Å². The summed E-state index contributed by atoms with van der Waals surface area (Å²) in [7, 11) is 0. The van der Waals surface area contributed by atoms with E-state index in [1.165, 1.54) is 0 Å². The molecule has 8 heteroatoms. The summed E-state index contributed by atoms with van der Waals surface area (Å²) in [4.78, 5) is 16.7. The predicted molar refractivity (Wildman–Crippen MR) is 103 cm³/mol. The van der Waals surface area contributed by atoms with Crippen molar-refractivity contribution in [2.45, 2.75) is 31.7 Å². The number of benzene rings is 1. The number of rotatable bonds is 6. The van der Waals surface area contributed by atoms with Crippen LogP contribution >= 0.6 is 36.6 Å². The highest BCUT2D eigenvalue weighted by atomic mass is 35.5. The quantitative estimate of drug-likeness (QED) is 0.809. The minimum atomic E-state index is -0.408. The van der Waals surface area contributed by atoms with E-state index in [4.69, 9.17) is 5.73 Å². The molecule has 5 nitrogen and oxygen atoms in total. The molecule has 0 aliphatic carbocycles. The van der Waals surface area contributed by atoms with Gasteiger partial charge in [0.2, 0.25) is 5.91 Å². The van der Waals surface area contributed by atoms with Crippen LogP contribution in [0.2, 0.25) is 0 Å². The van der Waals surface area contributed by atoms with Crippen LogP contribution in [-0.2, 0) is 17.1 Å². The Morgan fingerprint density at radius 1 is 1.35 bits per heavy atom. The fourth-order valence-corrected chi connectivity index (χ4v) is 2.55. The number of fused-ring (bicyclic) bond motifs is 1. The summed E-state index contributed by atoms with van der Waals surface area (Å²) in [5, 5.41) is 2.88. The fourth-order valence-electron chi connectivity index (χ4n) is 2.07. The van der Waals surface area contributed by atoms with Crippen LogP contribution in [0.1, 0.15) is 19.7 Å². The number of hydrogen-bond acceptors (Lipinski definition) is 4. The number of para-hydroxylation sites is 2. The van der Waals surface area contributed by atoms with Gasteiger partial charge in [-0.25, -0.2) is 4.98 Å². The van der Waals surface area contributed by atoms with E-state index in [2.05, 4.69) is 10.3 Å². The van der Waals surface area contributed by atoms with Gasteiger partial charge in [0, 0.05) is 12.1 Å². The molecule has 1 amide bonds. The van der Waals surface area contributed by atoms with E-state index in [9.17, 15) is 4.79 Å². The van der Waals surface area contributed by atoms with Gasteiger partial charge < -0.3 is 15.6 Å². The zero-order valence-electron chi connectivity index (χ0n) is 13.5. The van der Waals surface area contributed by atoms with Crippen molar-refractivity contribution in [3.8, 4) is 0 Å². The maximum atomic E-state index is 12.1. The summed E-state index contributed by atoms with van der Waals surface area (Å²) >= 11 is 1.69. The van der Waals surface area contributed by atoms with Gasteiger partial charge in [-0.3, -0.25) is 4.79 Å². The van der Waals surface area contributed by atoms with Crippen LogP contribution in [0.15, 0.2) is 24.3 Å². The Morgan fingerprint density at radius 2 is 2.00 bits per heavy atom. The molecule has 0 spiro atoms. The highest BCUT2D eigenvalue weighted by Gasteiger charge is 2.15. The minimum absolute atomic E-state index is 0. The number of imidazole rings is 1. The zero-order chi connectivity index (χ0) is 15.5. The number of thioether (sulfide) groups is 1. The van der Waals surface area contributed by atoms with Crippen LogP contribution in [0.4, 0.5) is 0 Å². The van der Waals surface area contributed by atoms with Crippen molar-refractivity contribution in [1.82, 2.24) is 14.9 Å². The van der Waals surface area contributed by atoms with E-state index >= 15 is 0 Å². The van der Waals surface area contributed by atoms with Gasteiger partial charge >= 0.3 is 0 Å². The van der Waals surface area contributed by atoms with E-state index < -0.39 is 5.54 Å². The van der Waals surface area contributed by atoms with Gasteiger partial charge in [-0.2, -0.15) is 11.8 Å². The number of aromatic nitrogens is 2. The van der Waals surface area contributed by atoms with Gasteiger partial charge in [0.15, 0.2) is 0 Å². The fraction of sp³-hybridized carbons (Fsp3) is 0.467. The van der Waals surface area contributed by atoms with E-state index in [0.29, 0.717) is 6.54 Å². The molecule has 1 aromatic carbocycles. The molecule has 2 rings (SSSR count). The van der Waals surface area contributed by atoms with Crippen LogP contribution in [0, 0.1) is 0 Å². The first-order valence-corrected chi connectivity index (χ1v) is 8.29. The third-order valence-electron chi connectivity index (χ3n) is 3.05. The van der Waals surface area contributed by atoms with Crippen LogP contribution < -0.4 is 11.1 Å². The van der Waals surface area contributed by atoms with Gasteiger partial charge in [-0.1, -0.05) is 12.1 Å². The smallest absolute Gasteiger partial charge is 0.240 e. The number of nitrogens with one attached hydrogen (secondary N) is 1. The van der Waals surface area contributed by atoms with Crippen LogP contribution in [0.3, 0.4) is 0 Å². The number of halogens is 2. The Morgan fingerprint density at radius 3 is 2.61 bits per heavy atom. The number of carbonyl (C=O) groups is 1. The Balaban J connectivity index is 0.00000242. The maximum absolute atomic E-state index is 12.1. The van der Waals surface area contributed by atoms with Crippen molar-refractivity contribution < 1.29 is 4.79 Å². The Hall–Kier alpha value is -0.950. The summed E-state index contributed by atoms with van der Waals surface area (Å²) < 4.78 is 1.98. The molecule has 2 aromatic rings. The molecule has 0 fully saturated rings. The molecule has 0 bridgehead atoms. The van der Waals surface area contributed by atoms with Crippen LogP contribution in [0.25, 0.3) is 11.0 Å². The average molecular weight is 379 g/mol. The zero-order valence-corrected chi connectivity index (χ0v) is 16.0. The topological polar surface area (TPSA) is 72.9 Å². The summed E-state index contributed by atoms with van der Waals surface area (Å²) in [5.74, 6) is 1.66. The average Bonchev–Trinajstić information content (AvgIpc) is 2.75. The van der Waals surface area contributed by atoms with Gasteiger partial charge in [0.25, 0.3) is 0 Å². The normalized spacial score (nSPS) is 10.8. The molecule has 0 saturated carbocycles. The Bertz CT molecular complexity index is 640. The van der Waals surface area contributed by atoms with Gasteiger partial charge in [0.1, 0.15) is 12.4 Å². The monoisotopic (exact) mass is 378 g/mol. The minimum Gasteiger partial charge on any atom is -0.353 e. The van der Waals surface area contributed by atoms with Crippen LogP contribution in [-0.4, -0.2) is 33.8 Å². The van der Waals surface area contributed by atoms with Crippen LogP contribution in [0.5, 0.6) is 0 Å². The Kier molecular flexibility index (Phi) is 8.98. The highest BCUT2D eigenvalue weighted by molar-refractivity contribution is 7.97. The first-order valence-electron chi connectivity index (χ1n) is 6.89. The second-order valence-corrected chi connectivity index (χ2v) is 6.67. The van der Waals surface area contributed by atoms with Gasteiger partial charge in [0.05, 0.1) is 16.8 Å². The molecule has 23 heavy (non-hydrogen) atoms. The summed E-state index contributed by atoms with van der Waals surface area (Å²) in [6.45, 7) is 4.50. The van der Waals surface area contributed by atoms with Crippen molar-refractivity contribution in [2.75, 3.05) is 12.8 Å². The lowest BCUT2D eigenvalue weighted by molar-refractivity contribution is -0.121. The summed E-state index contributed by atoms with van der Waals surface area (Å²) in [6, 6.07) is 7.88. The molecule has 0 saturated heterocycles. The molecule has 0 radical (unpaired) electrons. The molecular formula is C15H24Cl2N4OS. The lowest BCUT2D eigenvalue weighted by atomic mass is 10.1.